The topological polar surface area (TPSA) is 88.2 Å². The van der Waals surface area contributed by atoms with Crippen LogP contribution >= 0.6 is 27.3 Å². The number of nitrogens with zero attached hydrogens (tertiary/aromatic N) is 2. The molecule has 2 aromatic heterocycles. The third kappa shape index (κ3) is 4.13. The number of halogens is 1. The summed E-state index contributed by atoms with van der Waals surface area (Å²) in [4.78, 5) is 16.9. The first-order valence-corrected chi connectivity index (χ1v) is 10.4. The van der Waals surface area contributed by atoms with Crippen molar-refractivity contribution in [3.63, 3.8) is 0 Å². The summed E-state index contributed by atoms with van der Waals surface area (Å²) in [5.74, 6) is 0.746. The normalized spacial score (nSPS) is 11.3. The lowest BCUT2D eigenvalue weighted by molar-refractivity contribution is 0.415. The molecule has 6 nitrogen and oxygen atoms in total. The molecule has 0 fully saturated rings. The summed E-state index contributed by atoms with van der Waals surface area (Å²) in [6.07, 6.45) is 1.59. The summed E-state index contributed by atoms with van der Waals surface area (Å²) in [5.41, 5.74) is 2.01. The van der Waals surface area contributed by atoms with Crippen molar-refractivity contribution in [3.05, 3.63) is 80.0 Å². The molecular weight excluding hydrogens is 466 g/mol. The van der Waals surface area contributed by atoms with Crippen LogP contribution in [0.3, 0.4) is 0 Å². The van der Waals surface area contributed by atoms with Crippen LogP contribution in [0.1, 0.15) is 5.01 Å². The Morgan fingerprint density at radius 2 is 2.07 bits per heavy atom. The van der Waals surface area contributed by atoms with Gasteiger partial charge >= 0.3 is 5.63 Å². The molecule has 8 heteroatoms. The standard InChI is InChI=1S/C22H14BrN3O3S/c1-28-17-5-3-16(4-6-17)25-11-14(10-24)21-26-19(12-30-21)18-9-13-8-15(23)2-7-20(13)29-22(18)27/h2-9,11-12,25H,1H3/b14-11+. The highest BCUT2D eigenvalue weighted by atomic mass is 79.9. The monoisotopic (exact) mass is 479 g/mol. The van der Waals surface area contributed by atoms with Gasteiger partial charge in [-0.05, 0) is 48.5 Å². The fraction of sp³-hybridized carbons (Fsp3) is 0.0455. The van der Waals surface area contributed by atoms with Crippen molar-refractivity contribution in [2.75, 3.05) is 12.4 Å². The Morgan fingerprint density at radius 3 is 2.80 bits per heavy atom. The van der Waals surface area contributed by atoms with Crippen LogP contribution in [0.15, 0.2) is 73.8 Å². The number of benzene rings is 2. The van der Waals surface area contributed by atoms with Gasteiger partial charge < -0.3 is 14.5 Å². The Kier molecular flexibility index (Phi) is 5.65. The average Bonchev–Trinajstić information content (AvgIpc) is 3.24. The van der Waals surface area contributed by atoms with E-state index in [0.29, 0.717) is 27.4 Å². The lowest BCUT2D eigenvalue weighted by Gasteiger charge is -2.03. The number of thiazole rings is 1. The molecule has 0 saturated carbocycles. The van der Waals surface area contributed by atoms with Crippen LogP contribution in [0.2, 0.25) is 0 Å². The van der Waals surface area contributed by atoms with E-state index in [1.807, 2.05) is 36.4 Å². The summed E-state index contributed by atoms with van der Waals surface area (Å²) in [5, 5.41) is 15.7. The highest BCUT2D eigenvalue weighted by molar-refractivity contribution is 9.10. The van der Waals surface area contributed by atoms with Gasteiger partial charge in [0.05, 0.1) is 18.4 Å². The van der Waals surface area contributed by atoms with Crippen molar-refractivity contribution in [3.8, 4) is 23.1 Å². The molecule has 0 aliphatic heterocycles. The van der Waals surface area contributed by atoms with E-state index in [-0.39, 0.29) is 0 Å². The second-order valence-corrected chi connectivity index (χ2v) is 7.98. The SMILES string of the molecule is COc1ccc(N/C=C(\C#N)c2nc(-c3cc4cc(Br)ccc4oc3=O)cs2)cc1. The molecule has 2 aromatic carbocycles. The molecule has 148 valence electrons. The van der Waals surface area contributed by atoms with E-state index in [2.05, 4.69) is 32.3 Å². The van der Waals surface area contributed by atoms with E-state index in [0.717, 1.165) is 21.3 Å². The Bertz CT molecular complexity index is 1350. The van der Waals surface area contributed by atoms with Gasteiger partial charge in [0.25, 0.3) is 0 Å². The minimum atomic E-state index is -0.472. The van der Waals surface area contributed by atoms with Crippen LogP contribution in [0, 0.1) is 11.3 Å². The number of allylic oxidation sites excluding steroid dienone is 1. The maximum atomic E-state index is 12.4. The van der Waals surface area contributed by atoms with E-state index in [9.17, 15) is 10.1 Å². The van der Waals surface area contributed by atoms with E-state index < -0.39 is 5.63 Å². The van der Waals surface area contributed by atoms with Gasteiger partial charge in [-0.1, -0.05) is 15.9 Å². The molecule has 0 amide bonds. The molecular formula is C22H14BrN3O3S. The first-order valence-electron chi connectivity index (χ1n) is 8.78. The zero-order chi connectivity index (χ0) is 21.1. The quantitative estimate of drug-likeness (QED) is 0.293. The predicted octanol–water partition coefficient (Wildman–Crippen LogP) is 5.66. The minimum absolute atomic E-state index is 0.350. The summed E-state index contributed by atoms with van der Waals surface area (Å²) in [7, 11) is 1.60. The number of ether oxygens (including phenoxy) is 1. The maximum absolute atomic E-state index is 12.4. The number of aromatic nitrogens is 1. The van der Waals surface area contributed by atoms with Crippen molar-refractivity contribution in [1.82, 2.24) is 4.98 Å². The Labute approximate surface area is 184 Å². The first-order chi connectivity index (χ1) is 14.6. The first kappa shape index (κ1) is 19.9. The van der Waals surface area contributed by atoms with Gasteiger partial charge in [0, 0.05) is 27.1 Å². The second-order valence-electron chi connectivity index (χ2n) is 6.21. The zero-order valence-corrected chi connectivity index (χ0v) is 18.1. The largest absolute Gasteiger partial charge is 0.497 e. The summed E-state index contributed by atoms with van der Waals surface area (Å²) in [6.45, 7) is 0. The van der Waals surface area contributed by atoms with Gasteiger partial charge in [0.2, 0.25) is 0 Å². The number of nitriles is 1. The van der Waals surface area contributed by atoms with Gasteiger partial charge in [0.15, 0.2) is 0 Å². The summed E-state index contributed by atoms with van der Waals surface area (Å²) in [6, 6.07) is 16.6. The molecule has 2 heterocycles. The summed E-state index contributed by atoms with van der Waals surface area (Å²) < 4.78 is 11.4. The fourth-order valence-corrected chi connectivity index (χ4v) is 3.94. The van der Waals surface area contributed by atoms with Crippen LogP contribution in [-0.4, -0.2) is 12.1 Å². The lowest BCUT2D eigenvalue weighted by atomic mass is 10.1. The third-order valence-corrected chi connectivity index (χ3v) is 5.67. The number of hydrogen-bond acceptors (Lipinski definition) is 7. The third-order valence-electron chi connectivity index (χ3n) is 4.30. The fourth-order valence-electron chi connectivity index (χ4n) is 2.78. The van der Waals surface area contributed by atoms with Crippen molar-refractivity contribution in [2.45, 2.75) is 0 Å². The van der Waals surface area contributed by atoms with E-state index in [1.165, 1.54) is 11.3 Å². The maximum Gasteiger partial charge on any atom is 0.345 e. The number of fused-ring (bicyclic) bond motifs is 1. The van der Waals surface area contributed by atoms with E-state index in [1.54, 1.807) is 30.8 Å². The van der Waals surface area contributed by atoms with Crippen LogP contribution in [-0.2, 0) is 0 Å². The lowest BCUT2D eigenvalue weighted by Crippen LogP contribution is -2.03. The molecule has 0 aliphatic rings. The molecule has 4 aromatic rings. The van der Waals surface area contributed by atoms with Gasteiger partial charge in [0.1, 0.15) is 28.0 Å². The zero-order valence-electron chi connectivity index (χ0n) is 15.7. The molecule has 0 aliphatic carbocycles. The highest BCUT2D eigenvalue weighted by Gasteiger charge is 2.14. The molecule has 0 radical (unpaired) electrons. The minimum Gasteiger partial charge on any atom is -0.497 e. The molecule has 0 spiro atoms. The van der Waals surface area contributed by atoms with Gasteiger partial charge in [-0.3, -0.25) is 0 Å². The Morgan fingerprint density at radius 1 is 1.27 bits per heavy atom. The van der Waals surface area contributed by atoms with Crippen LogP contribution in [0.4, 0.5) is 5.69 Å². The van der Waals surface area contributed by atoms with Crippen molar-refractivity contribution >= 4 is 49.5 Å². The van der Waals surface area contributed by atoms with Gasteiger partial charge in [-0.25, -0.2) is 9.78 Å². The number of nitrogens with one attached hydrogen (secondary N) is 1. The summed E-state index contributed by atoms with van der Waals surface area (Å²) >= 11 is 4.70. The van der Waals surface area contributed by atoms with Crippen molar-refractivity contribution < 1.29 is 9.15 Å². The molecule has 30 heavy (non-hydrogen) atoms. The number of anilines is 1. The van der Waals surface area contributed by atoms with Gasteiger partial charge in [-0.2, -0.15) is 5.26 Å². The Balaban J connectivity index is 1.63. The smallest absolute Gasteiger partial charge is 0.345 e. The van der Waals surface area contributed by atoms with E-state index in [4.69, 9.17) is 9.15 Å². The van der Waals surface area contributed by atoms with Crippen LogP contribution in [0.25, 0.3) is 27.8 Å². The van der Waals surface area contributed by atoms with Crippen LogP contribution < -0.4 is 15.7 Å². The van der Waals surface area contributed by atoms with Gasteiger partial charge in [-0.15, -0.1) is 11.3 Å². The second kappa shape index (κ2) is 8.53. The van der Waals surface area contributed by atoms with Crippen molar-refractivity contribution in [1.29, 1.82) is 5.26 Å². The number of rotatable bonds is 5. The molecule has 0 saturated heterocycles. The molecule has 1 N–H and O–H groups in total. The molecule has 0 atom stereocenters. The molecule has 0 unspecified atom stereocenters. The molecule has 0 bridgehead atoms. The van der Waals surface area contributed by atoms with E-state index >= 15 is 0 Å². The highest BCUT2D eigenvalue weighted by Crippen LogP contribution is 2.27. The predicted molar refractivity (Wildman–Crippen MR) is 121 cm³/mol. The van der Waals surface area contributed by atoms with Crippen LogP contribution in [0.5, 0.6) is 5.75 Å². The Hall–Kier alpha value is -3.41. The number of hydrogen-bond donors (Lipinski definition) is 1. The number of methoxy groups -OCH3 is 1. The van der Waals surface area contributed by atoms with Crippen molar-refractivity contribution in [2.24, 2.45) is 0 Å². The molecule has 4 rings (SSSR count). The average molecular weight is 480 g/mol.